The van der Waals surface area contributed by atoms with E-state index in [0.29, 0.717) is 22.7 Å². The number of H-pyrrole nitrogens is 1. The van der Waals surface area contributed by atoms with E-state index in [4.69, 9.17) is 4.74 Å². The standard InChI is InChI=1S/C24H19F3N4O2/c25-24(26,27)15-29-23(32)19(13-16-9-11-28-12-10-16)17-5-7-18(8-6-17)33-14-22-30-20-3-1-2-4-21(20)31-22/h1-13H,14-15H2,(H,29,32)(H,30,31)/b19-13+. The Morgan fingerprint density at radius 2 is 1.76 bits per heavy atom. The zero-order valence-corrected chi connectivity index (χ0v) is 17.3. The molecule has 0 unspecified atom stereocenters. The largest absolute Gasteiger partial charge is 0.486 e. The van der Waals surface area contributed by atoms with Crippen LogP contribution in [-0.4, -0.2) is 33.6 Å². The minimum absolute atomic E-state index is 0.0919. The Hall–Kier alpha value is -4.14. The number of imidazole rings is 1. The van der Waals surface area contributed by atoms with E-state index in [-0.39, 0.29) is 12.2 Å². The van der Waals surface area contributed by atoms with E-state index in [9.17, 15) is 18.0 Å². The minimum Gasteiger partial charge on any atom is -0.486 e. The number of rotatable bonds is 7. The van der Waals surface area contributed by atoms with Crippen molar-refractivity contribution in [3.05, 3.63) is 90.0 Å². The van der Waals surface area contributed by atoms with E-state index in [0.717, 1.165) is 11.0 Å². The maximum atomic E-state index is 12.6. The van der Waals surface area contributed by atoms with E-state index >= 15 is 0 Å². The van der Waals surface area contributed by atoms with E-state index in [1.165, 1.54) is 18.5 Å². The number of fused-ring (bicyclic) bond motifs is 1. The van der Waals surface area contributed by atoms with E-state index < -0.39 is 18.6 Å². The smallest absolute Gasteiger partial charge is 0.405 e. The lowest BCUT2D eigenvalue weighted by Crippen LogP contribution is -2.34. The summed E-state index contributed by atoms with van der Waals surface area (Å²) in [5.74, 6) is 0.350. The van der Waals surface area contributed by atoms with Gasteiger partial charge in [0.05, 0.1) is 11.0 Å². The van der Waals surface area contributed by atoms with Crippen molar-refractivity contribution >= 4 is 28.6 Å². The van der Waals surface area contributed by atoms with Gasteiger partial charge in [-0.2, -0.15) is 13.2 Å². The van der Waals surface area contributed by atoms with Crippen molar-refractivity contribution < 1.29 is 22.7 Å². The van der Waals surface area contributed by atoms with Crippen molar-refractivity contribution in [1.82, 2.24) is 20.3 Å². The van der Waals surface area contributed by atoms with Crippen LogP contribution in [0.2, 0.25) is 0 Å². The summed E-state index contributed by atoms with van der Waals surface area (Å²) >= 11 is 0. The summed E-state index contributed by atoms with van der Waals surface area (Å²) in [5.41, 5.74) is 2.91. The molecule has 2 aromatic heterocycles. The van der Waals surface area contributed by atoms with Gasteiger partial charge in [0, 0.05) is 18.0 Å². The van der Waals surface area contributed by atoms with Crippen LogP contribution >= 0.6 is 0 Å². The average molecular weight is 452 g/mol. The second kappa shape index (κ2) is 9.56. The third-order valence-electron chi connectivity index (χ3n) is 4.69. The predicted octanol–water partition coefficient (Wildman–Crippen LogP) is 4.76. The summed E-state index contributed by atoms with van der Waals surface area (Å²) < 4.78 is 43.5. The molecule has 0 spiro atoms. The lowest BCUT2D eigenvalue weighted by Gasteiger charge is -2.12. The van der Waals surface area contributed by atoms with Gasteiger partial charge in [0.25, 0.3) is 5.91 Å². The van der Waals surface area contributed by atoms with Gasteiger partial charge in [-0.1, -0.05) is 24.3 Å². The summed E-state index contributed by atoms with van der Waals surface area (Å²) in [6.45, 7) is -1.21. The molecule has 2 N–H and O–H groups in total. The molecule has 2 heterocycles. The number of benzene rings is 2. The quantitative estimate of drug-likeness (QED) is 0.397. The van der Waals surface area contributed by atoms with Gasteiger partial charge in [-0.05, 0) is 53.6 Å². The third kappa shape index (κ3) is 5.97. The maximum Gasteiger partial charge on any atom is 0.405 e. The number of nitrogens with zero attached hydrogens (tertiary/aromatic N) is 2. The number of hydrogen-bond donors (Lipinski definition) is 2. The Morgan fingerprint density at radius 1 is 1.03 bits per heavy atom. The highest BCUT2D eigenvalue weighted by atomic mass is 19.4. The van der Waals surface area contributed by atoms with Gasteiger partial charge in [0.2, 0.25) is 0 Å². The van der Waals surface area contributed by atoms with Gasteiger partial charge < -0.3 is 15.0 Å². The number of alkyl halides is 3. The molecular weight excluding hydrogens is 433 g/mol. The number of hydrogen-bond acceptors (Lipinski definition) is 4. The SMILES string of the molecule is O=C(NCC(F)(F)F)/C(=C/c1ccncc1)c1ccc(OCc2nc3ccccc3[nH]2)cc1. The van der Waals surface area contributed by atoms with Crippen LogP contribution in [0.15, 0.2) is 73.1 Å². The van der Waals surface area contributed by atoms with Gasteiger partial charge in [0.15, 0.2) is 0 Å². The van der Waals surface area contributed by atoms with Crippen molar-refractivity contribution in [2.75, 3.05) is 6.54 Å². The van der Waals surface area contributed by atoms with Crippen molar-refractivity contribution in [3.8, 4) is 5.75 Å². The molecule has 0 atom stereocenters. The van der Waals surface area contributed by atoms with Crippen LogP contribution in [0.5, 0.6) is 5.75 Å². The number of ether oxygens (including phenoxy) is 1. The Labute approximate surface area is 187 Å². The highest BCUT2D eigenvalue weighted by Gasteiger charge is 2.28. The van der Waals surface area contributed by atoms with Crippen LogP contribution in [0.4, 0.5) is 13.2 Å². The molecule has 9 heteroatoms. The molecule has 2 aromatic carbocycles. The van der Waals surface area contributed by atoms with Crippen LogP contribution in [0.1, 0.15) is 17.0 Å². The summed E-state index contributed by atoms with van der Waals surface area (Å²) in [6.07, 6.45) is 0.0710. The molecule has 168 valence electrons. The molecule has 0 aliphatic carbocycles. The second-order valence-corrected chi connectivity index (χ2v) is 7.15. The van der Waals surface area contributed by atoms with Crippen LogP contribution in [-0.2, 0) is 11.4 Å². The number of aromatic nitrogens is 3. The highest BCUT2D eigenvalue weighted by molar-refractivity contribution is 6.24. The Kier molecular flexibility index (Phi) is 6.39. The molecule has 0 bridgehead atoms. The predicted molar refractivity (Wildman–Crippen MR) is 118 cm³/mol. The first-order valence-corrected chi connectivity index (χ1v) is 10.0. The van der Waals surface area contributed by atoms with Crippen LogP contribution in [0.3, 0.4) is 0 Å². The average Bonchev–Trinajstić information content (AvgIpc) is 3.23. The number of pyridine rings is 1. The molecule has 0 saturated heterocycles. The first-order valence-electron chi connectivity index (χ1n) is 10.0. The minimum atomic E-state index is -4.51. The van der Waals surface area contributed by atoms with E-state index in [1.807, 2.05) is 29.6 Å². The van der Waals surface area contributed by atoms with Gasteiger partial charge >= 0.3 is 6.18 Å². The number of nitrogens with one attached hydrogen (secondary N) is 2. The lowest BCUT2D eigenvalue weighted by atomic mass is 10.0. The molecular formula is C24H19F3N4O2. The monoisotopic (exact) mass is 452 g/mol. The fourth-order valence-corrected chi connectivity index (χ4v) is 3.14. The van der Waals surface area contributed by atoms with Crippen LogP contribution < -0.4 is 10.1 Å². The van der Waals surface area contributed by atoms with Crippen molar-refractivity contribution in [1.29, 1.82) is 0 Å². The third-order valence-corrected chi connectivity index (χ3v) is 4.69. The first-order chi connectivity index (χ1) is 15.9. The fourth-order valence-electron chi connectivity index (χ4n) is 3.14. The molecule has 4 rings (SSSR count). The summed E-state index contributed by atoms with van der Waals surface area (Å²) in [6, 6.07) is 17.5. The summed E-state index contributed by atoms with van der Waals surface area (Å²) in [4.78, 5) is 24.1. The zero-order valence-electron chi connectivity index (χ0n) is 17.3. The lowest BCUT2D eigenvalue weighted by molar-refractivity contribution is -0.135. The number of amides is 1. The summed E-state index contributed by atoms with van der Waals surface area (Å²) in [7, 11) is 0. The Morgan fingerprint density at radius 3 is 2.45 bits per heavy atom. The Balaban J connectivity index is 1.50. The van der Waals surface area contributed by atoms with Crippen molar-refractivity contribution in [2.45, 2.75) is 12.8 Å². The van der Waals surface area contributed by atoms with Crippen molar-refractivity contribution in [3.63, 3.8) is 0 Å². The number of para-hydroxylation sites is 2. The summed E-state index contributed by atoms with van der Waals surface area (Å²) in [5, 5.41) is 1.92. The van der Waals surface area contributed by atoms with Gasteiger partial charge in [-0.15, -0.1) is 0 Å². The highest BCUT2D eigenvalue weighted by Crippen LogP contribution is 2.23. The molecule has 0 fully saturated rings. The molecule has 4 aromatic rings. The number of carbonyl (C=O) groups is 1. The molecule has 0 saturated carbocycles. The van der Waals surface area contributed by atoms with Gasteiger partial charge in [-0.3, -0.25) is 9.78 Å². The molecule has 0 aliphatic rings. The fraction of sp³-hybridized carbons (Fsp3) is 0.125. The number of carbonyl (C=O) groups excluding carboxylic acids is 1. The normalized spacial score (nSPS) is 12.0. The molecule has 0 aliphatic heterocycles. The maximum absolute atomic E-state index is 12.6. The van der Waals surface area contributed by atoms with Gasteiger partial charge in [0.1, 0.15) is 24.7 Å². The van der Waals surface area contributed by atoms with Gasteiger partial charge in [-0.25, -0.2) is 4.98 Å². The molecule has 1 amide bonds. The van der Waals surface area contributed by atoms with E-state index in [1.54, 1.807) is 36.4 Å². The number of aromatic amines is 1. The van der Waals surface area contributed by atoms with E-state index in [2.05, 4.69) is 15.0 Å². The first kappa shape index (κ1) is 22.1. The molecule has 6 nitrogen and oxygen atoms in total. The topological polar surface area (TPSA) is 79.9 Å². The van der Waals surface area contributed by atoms with Crippen LogP contribution in [0.25, 0.3) is 22.7 Å². The Bertz CT molecular complexity index is 1230. The van der Waals surface area contributed by atoms with Crippen LogP contribution in [0, 0.1) is 0 Å². The molecule has 0 radical (unpaired) electrons. The van der Waals surface area contributed by atoms with Crippen molar-refractivity contribution in [2.24, 2.45) is 0 Å². The second-order valence-electron chi connectivity index (χ2n) is 7.15. The molecule has 33 heavy (non-hydrogen) atoms. The number of halogens is 3. The zero-order chi connectivity index (χ0) is 23.3.